The van der Waals surface area contributed by atoms with Crippen molar-refractivity contribution in [3.8, 4) is 0 Å². The Morgan fingerprint density at radius 2 is 2.19 bits per heavy atom. The van der Waals surface area contributed by atoms with Gasteiger partial charge in [0.05, 0.1) is 5.60 Å². The average molecular weight is 356 g/mol. The Kier molecular flexibility index (Phi) is 4.87. The van der Waals surface area contributed by atoms with Crippen LogP contribution in [-0.2, 0) is 11.3 Å². The van der Waals surface area contributed by atoms with Gasteiger partial charge in [0.25, 0.3) is 0 Å². The van der Waals surface area contributed by atoms with Gasteiger partial charge in [0.15, 0.2) is 0 Å². The third-order valence-corrected chi connectivity index (χ3v) is 5.30. The van der Waals surface area contributed by atoms with Crippen LogP contribution in [-0.4, -0.2) is 46.2 Å². The topological polar surface area (TPSA) is 50.3 Å². The van der Waals surface area contributed by atoms with Gasteiger partial charge in [-0.2, -0.15) is 0 Å². The lowest BCUT2D eigenvalue weighted by Gasteiger charge is -2.38. The molecule has 4 rings (SSSR count). The SMILES string of the molecule is Cc1cnc(N[C@@H]2CCO[C@]3(CCN(Cc4cccc(F)c4)C3)C2)nc1. The van der Waals surface area contributed by atoms with Crippen LogP contribution in [0.5, 0.6) is 0 Å². The van der Waals surface area contributed by atoms with Crippen molar-refractivity contribution >= 4 is 5.95 Å². The number of benzene rings is 1. The van der Waals surface area contributed by atoms with Gasteiger partial charge in [0.1, 0.15) is 5.82 Å². The van der Waals surface area contributed by atoms with E-state index in [0.29, 0.717) is 12.0 Å². The number of aryl methyl sites for hydroxylation is 1. The van der Waals surface area contributed by atoms with Crippen LogP contribution in [0.1, 0.15) is 30.4 Å². The fourth-order valence-corrected chi connectivity index (χ4v) is 4.04. The van der Waals surface area contributed by atoms with Crippen LogP contribution < -0.4 is 5.32 Å². The fraction of sp³-hybridized carbons (Fsp3) is 0.500. The zero-order chi connectivity index (χ0) is 18.0. The number of nitrogens with zero attached hydrogens (tertiary/aromatic N) is 3. The maximum atomic E-state index is 13.4. The number of likely N-dealkylation sites (tertiary alicyclic amines) is 1. The summed E-state index contributed by atoms with van der Waals surface area (Å²) in [6, 6.07) is 7.18. The van der Waals surface area contributed by atoms with Crippen LogP contribution in [0.25, 0.3) is 0 Å². The molecule has 26 heavy (non-hydrogen) atoms. The van der Waals surface area contributed by atoms with E-state index in [-0.39, 0.29) is 11.4 Å². The third-order valence-electron chi connectivity index (χ3n) is 5.30. The second-order valence-corrected chi connectivity index (χ2v) is 7.54. The largest absolute Gasteiger partial charge is 0.373 e. The summed E-state index contributed by atoms with van der Waals surface area (Å²) in [7, 11) is 0. The minimum atomic E-state index is -0.173. The van der Waals surface area contributed by atoms with Crippen LogP contribution in [0.4, 0.5) is 10.3 Å². The molecule has 0 aliphatic carbocycles. The van der Waals surface area contributed by atoms with Crippen LogP contribution >= 0.6 is 0 Å². The zero-order valence-corrected chi connectivity index (χ0v) is 15.1. The molecule has 0 bridgehead atoms. The summed E-state index contributed by atoms with van der Waals surface area (Å²) in [5.41, 5.74) is 1.96. The first-order valence-corrected chi connectivity index (χ1v) is 9.26. The molecule has 2 saturated heterocycles. The van der Waals surface area contributed by atoms with Gasteiger partial charge in [-0.3, -0.25) is 4.90 Å². The van der Waals surface area contributed by atoms with E-state index >= 15 is 0 Å². The Bertz CT molecular complexity index is 754. The molecule has 0 radical (unpaired) electrons. The highest BCUT2D eigenvalue weighted by molar-refractivity contribution is 5.27. The number of anilines is 1. The van der Waals surface area contributed by atoms with Gasteiger partial charge in [-0.1, -0.05) is 12.1 Å². The van der Waals surface area contributed by atoms with E-state index in [1.807, 2.05) is 25.4 Å². The van der Waals surface area contributed by atoms with E-state index < -0.39 is 0 Å². The predicted octanol–water partition coefficient (Wildman–Crippen LogP) is 3.16. The van der Waals surface area contributed by atoms with Crippen molar-refractivity contribution in [1.82, 2.24) is 14.9 Å². The molecule has 2 atom stereocenters. The Morgan fingerprint density at radius 1 is 1.35 bits per heavy atom. The highest BCUT2D eigenvalue weighted by atomic mass is 19.1. The van der Waals surface area contributed by atoms with Crippen LogP contribution in [0.3, 0.4) is 0 Å². The number of rotatable bonds is 4. The monoisotopic (exact) mass is 356 g/mol. The molecule has 6 heteroatoms. The van der Waals surface area contributed by atoms with Crippen molar-refractivity contribution in [2.75, 3.05) is 25.0 Å². The van der Waals surface area contributed by atoms with E-state index in [1.165, 1.54) is 6.07 Å². The summed E-state index contributed by atoms with van der Waals surface area (Å²) in [4.78, 5) is 11.1. The molecule has 138 valence electrons. The molecule has 0 unspecified atom stereocenters. The standard InChI is InChI=1S/C20H25FN4O/c1-15-11-22-19(23-12-15)24-18-5-8-26-20(10-18)6-7-25(14-20)13-16-3-2-4-17(21)9-16/h2-4,9,11-12,18H,5-8,10,13-14H2,1H3,(H,22,23,24)/t18-,20-/m1/s1. The summed E-state index contributed by atoms with van der Waals surface area (Å²) < 4.78 is 19.6. The first-order chi connectivity index (χ1) is 12.6. The van der Waals surface area contributed by atoms with E-state index in [1.54, 1.807) is 12.1 Å². The molecular weight excluding hydrogens is 331 g/mol. The van der Waals surface area contributed by atoms with Gasteiger partial charge >= 0.3 is 0 Å². The highest BCUT2D eigenvalue weighted by Gasteiger charge is 2.43. The maximum absolute atomic E-state index is 13.4. The second-order valence-electron chi connectivity index (χ2n) is 7.54. The Balaban J connectivity index is 1.37. The molecule has 1 N–H and O–H groups in total. The van der Waals surface area contributed by atoms with Crippen molar-refractivity contribution in [1.29, 1.82) is 0 Å². The Morgan fingerprint density at radius 3 is 3.00 bits per heavy atom. The number of halogens is 1. The van der Waals surface area contributed by atoms with Crippen molar-refractivity contribution in [3.63, 3.8) is 0 Å². The summed E-state index contributed by atoms with van der Waals surface area (Å²) in [6.07, 6.45) is 6.59. The minimum absolute atomic E-state index is 0.117. The van der Waals surface area contributed by atoms with Crippen molar-refractivity contribution in [3.05, 3.63) is 53.6 Å². The number of ether oxygens (including phenoxy) is 1. The van der Waals surface area contributed by atoms with Crippen LogP contribution in [0.15, 0.2) is 36.7 Å². The third kappa shape index (κ3) is 4.02. The summed E-state index contributed by atoms with van der Waals surface area (Å²) >= 11 is 0. The van der Waals surface area contributed by atoms with Crippen molar-refractivity contribution in [2.24, 2.45) is 0 Å². The number of hydrogen-bond donors (Lipinski definition) is 1. The Hall–Kier alpha value is -2.05. The van der Waals surface area contributed by atoms with E-state index in [9.17, 15) is 4.39 Å². The van der Waals surface area contributed by atoms with Crippen molar-refractivity contribution in [2.45, 2.75) is 44.4 Å². The van der Waals surface area contributed by atoms with Gasteiger partial charge in [-0.05, 0) is 49.4 Å². The number of hydrogen-bond acceptors (Lipinski definition) is 5. The molecule has 2 aromatic rings. The predicted molar refractivity (Wildman–Crippen MR) is 98.4 cm³/mol. The Labute approximate surface area is 153 Å². The van der Waals surface area contributed by atoms with Crippen LogP contribution in [0, 0.1) is 12.7 Å². The minimum Gasteiger partial charge on any atom is -0.373 e. The molecule has 2 fully saturated rings. The van der Waals surface area contributed by atoms with E-state index in [2.05, 4.69) is 20.2 Å². The number of nitrogens with one attached hydrogen (secondary N) is 1. The fourth-order valence-electron chi connectivity index (χ4n) is 4.04. The summed E-state index contributed by atoms with van der Waals surface area (Å²) in [5.74, 6) is 0.514. The summed E-state index contributed by atoms with van der Waals surface area (Å²) in [6.45, 7) is 5.36. The van der Waals surface area contributed by atoms with Gasteiger partial charge in [-0.25, -0.2) is 14.4 Å². The number of aromatic nitrogens is 2. The molecule has 3 heterocycles. The quantitative estimate of drug-likeness (QED) is 0.912. The maximum Gasteiger partial charge on any atom is 0.222 e. The molecule has 1 aromatic heterocycles. The molecule has 5 nitrogen and oxygen atoms in total. The van der Waals surface area contributed by atoms with Gasteiger partial charge in [0, 0.05) is 44.7 Å². The zero-order valence-electron chi connectivity index (χ0n) is 15.1. The molecule has 1 spiro atoms. The molecule has 0 amide bonds. The molecular formula is C20H25FN4O. The second kappa shape index (κ2) is 7.29. The molecule has 0 saturated carbocycles. The first kappa shape index (κ1) is 17.4. The first-order valence-electron chi connectivity index (χ1n) is 9.26. The lowest BCUT2D eigenvalue weighted by molar-refractivity contribution is -0.0737. The smallest absolute Gasteiger partial charge is 0.222 e. The van der Waals surface area contributed by atoms with Gasteiger partial charge in [-0.15, -0.1) is 0 Å². The van der Waals surface area contributed by atoms with E-state index in [4.69, 9.17) is 4.74 Å². The molecule has 2 aliphatic rings. The van der Waals surface area contributed by atoms with E-state index in [0.717, 1.165) is 56.6 Å². The lowest BCUT2D eigenvalue weighted by atomic mass is 9.89. The normalized spacial score (nSPS) is 26.3. The van der Waals surface area contributed by atoms with Gasteiger partial charge in [0.2, 0.25) is 5.95 Å². The molecule has 1 aromatic carbocycles. The molecule has 2 aliphatic heterocycles. The van der Waals surface area contributed by atoms with Gasteiger partial charge < -0.3 is 10.1 Å². The van der Waals surface area contributed by atoms with Crippen LogP contribution in [0.2, 0.25) is 0 Å². The summed E-state index contributed by atoms with van der Waals surface area (Å²) in [5, 5.41) is 3.46. The highest BCUT2D eigenvalue weighted by Crippen LogP contribution is 2.35. The van der Waals surface area contributed by atoms with Crippen molar-refractivity contribution < 1.29 is 9.13 Å². The lowest BCUT2D eigenvalue weighted by Crippen LogP contribution is -2.46. The average Bonchev–Trinajstić information content (AvgIpc) is 2.99.